The molecule has 1 fully saturated rings. The van der Waals surface area contributed by atoms with Crippen molar-refractivity contribution >= 4 is 5.91 Å². The standard InChI is InChI=1S/C15H29NO2/c1-3-5-6-7-9-14(8-4-2)15(17)16-10-12-18-13-11-16/h14H,3-13H2,1-2H3. The van der Waals surface area contributed by atoms with Gasteiger partial charge in [0.15, 0.2) is 0 Å². The second-order valence-electron chi connectivity index (χ2n) is 5.27. The molecule has 1 amide bonds. The van der Waals surface area contributed by atoms with Crippen LogP contribution >= 0.6 is 0 Å². The molecular weight excluding hydrogens is 226 g/mol. The maximum atomic E-state index is 12.4. The quantitative estimate of drug-likeness (QED) is 0.623. The third kappa shape index (κ3) is 5.38. The van der Waals surface area contributed by atoms with E-state index in [0.29, 0.717) is 19.1 Å². The average molecular weight is 255 g/mol. The Balaban J connectivity index is 2.35. The summed E-state index contributed by atoms with van der Waals surface area (Å²) in [5.41, 5.74) is 0. The highest BCUT2D eigenvalue weighted by atomic mass is 16.5. The van der Waals surface area contributed by atoms with E-state index in [1.54, 1.807) is 0 Å². The second-order valence-corrected chi connectivity index (χ2v) is 5.27. The molecule has 1 aliphatic rings. The van der Waals surface area contributed by atoms with Crippen LogP contribution in [0.5, 0.6) is 0 Å². The van der Waals surface area contributed by atoms with Crippen LogP contribution in [0.3, 0.4) is 0 Å². The molecule has 3 nitrogen and oxygen atoms in total. The van der Waals surface area contributed by atoms with Crippen LogP contribution in [0.25, 0.3) is 0 Å². The highest BCUT2D eigenvalue weighted by Gasteiger charge is 2.24. The maximum Gasteiger partial charge on any atom is 0.225 e. The van der Waals surface area contributed by atoms with Crippen LogP contribution in [0.15, 0.2) is 0 Å². The topological polar surface area (TPSA) is 29.5 Å². The van der Waals surface area contributed by atoms with Crippen molar-refractivity contribution in [3.63, 3.8) is 0 Å². The Kier molecular flexibility index (Phi) is 8.06. The smallest absolute Gasteiger partial charge is 0.225 e. The second kappa shape index (κ2) is 9.37. The summed E-state index contributed by atoms with van der Waals surface area (Å²) in [5.74, 6) is 0.626. The van der Waals surface area contributed by atoms with Crippen molar-refractivity contribution in [2.24, 2.45) is 5.92 Å². The van der Waals surface area contributed by atoms with Gasteiger partial charge in [0.1, 0.15) is 0 Å². The van der Waals surface area contributed by atoms with Crippen LogP contribution in [-0.2, 0) is 9.53 Å². The number of rotatable bonds is 8. The van der Waals surface area contributed by atoms with Crippen LogP contribution in [0, 0.1) is 5.92 Å². The Hall–Kier alpha value is -0.570. The van der Waals surface area contributed by atoms with Gasteiger partial charge < -0.3 is 9.64 Å². The van der Waals surface area contributed by atoms with Gasteiger partial charge in [-0.25, -0.2) is 0 Å². The molecule has 0 aliphatic carbocycles. The van der Waals surface area contributed by atoms with Gasteiger partial charge in [0.05, 0.1) is 13.2 Å². The van der Waals surface area contributed by atoms with Crippen LogP contribution < -0.4 is 0 Å². The number of amides is 1. The van der Waals surface area contributed by atoms with Crippen LogP contribution in [0.4, 0.5) is 0 Å². The maximum absolute atomic E-state index is 12.4. The Labute approximate surface area is 112 Å². The summed E-state index contributed by atoms with van der Waals surface area (Å²) >= 11 is 0. The average Bonchev–Trinajstić information content (AvgIpc) is 2.42. The van der Waals surface area contributed by atoms with Gasteiger partial charge in [-0.05, 0) is 12.8 Å². The van der Waals surface area contributed by atoms with Gasteiger partial charge in [0.25, 0.3) is 0 Å². The molecule has 1 aliphatic heterocycles. The fourth-order valence-electron chi connectivity index (χ4n) is 2.60. The van der Waals surface area contributed by atoms with Gasteiger partial charge in [-0.2, -0.15) is 0 Å². The van der Waals surface area contributed by atoms with Gasteiger partial charge in [0.2, 0.25) is 5.91 Å². The van der Waals surface area contributed by atoms with E-state index < -0.39 is 0 Å². The molecule has 0 bridgehead atoms. The lowest BCUT2D eigenvalue weighted by atomic mass is 9.94. The molecule has 0 aromatic rings. The minimum atomic E-state index is 0.255. The van der Waals surface area contributed by atoms with E-state index in [2.05, 4.69) is 13.8 Å². The first-order chi connectivity index (χ1) is 8.79. The molecule has 18 heavy (non-hydrogen) atoms. The van der Waals surface area contributed by atoms with Crippen LogP contribution in [0.2, 0.25) is 0 Å². The van der Waals surface area contributed by atoms with E-state index in [-0.39, 0.29) is 5.92 Å². The van der Waals surface area contributed by atoms with Crippen molar-refractivity contribution in [2.45, 2.75) is 58.8 Å². The highest BCUT2D eigenvalue weighted by molar-refractivity contribution is 5.78. The number of carbonyl (C=O) groups is 1. The molecule has 1 rings (SSSR count). The van der Waals surface area contributed by atoms with Gasteiger partial charge in [-0.3, -0.25) is 4.79 Å². The lowest BCUT2D eigenvalue weighted by Crippen LogP contribution is -2.43. The van der Waals surface area contributed by atoms with E-state index in [4.69, 9.17) is 4.74 Å². The summed E-state index contributed by atoms with van der Waals surface area (Å²) in [6, 6.07) is 0. The van der Waals surface area contributed by atoms with Crippen molar-refractivity contribution in [1.82, 2.24) is 4.90 Å². The SMILES string of the molecule is CCCCCCC(CCC)C(=O)N1CCOCC1. The van der Waals surface area contributed by atoms with Crippen molar-refractivity contribution in [1.29, 1.82) is 0 Å². The molecular formula is C15H29NO2. The third-order valence-corrected chi connectivity index (χ3v) is 3.72. The fourth-order valence-corrected chi connectivity index (χ4v) is 2.60. The van der Waals surface area contributed by atoms with E-state index in [1.165, 1.54) is 25.7 Å². The molecule has 1 heterocycles. The number of ether oxygens (including phenoxy) is 1. The molecule has 0 spiro atoms. The summed E-state index contributed by atoms with van der Waals surface area (Å²) in [6.45, 7) is 7.39. The Bertz CT molecular complexity index is 225. The molecule has 0 aromatic carbocycles. The molecule has 0 aromatic heterocycles. The molecule has 1 saturated heterocycles. The van der Waals surface area contributed by atoms with Crippen LogP contribution in [-0.4, -0.2) is 37.1 Å². The number of morpholine rings is 1. The summed E-state index contributed by atoms with van der Waals surface area (Å²) in [5, 5.41) is 0. The van der Waals surface area contributed by atoms with E-state index in [0.717, 1.165) is 32.4 Å². The summed E-state index contributed by atoms with van der Waals surface area (Å²) < 4.78 is 5.31. The number of hydrogen-bond acceptors (Lipinski definition) is 2. The highest BCUT2D eigenvalue weighted by Crippen LogP contribution is 2.19. The lowest BCUT2D eigenvalue weighted by molar-refractivity contribution is -0.140. The zero-order valence-corrected chi connectivity index (χ0v) is 12.1. The zero-order chi connectivity index (χ0) is 13.2. The lowest BCUT2D eigenvalue weighted by Gasteiger charge is -2.30. The Morgan fingerprint density at radius 3 is 2.39 bits per heavy atom. The van der Waals surface area contributed by atoms with Crippen molar-refractivity contribution in [2.75, 3.05) is 26.3 Å². The van der Waals surface area contributed by atoms with Gasteiger partial charge in [-0.15, -0.1) is 0 Å². The summed E-state index contributed by atoms with van der Waals surface area (Å²) in [4.78, 5) is 14.4. The molecule has 1 unspecified atom stereocenters. The van der Waals surface area contributed by atoms with Gasteiger partial charge >= 0.3 is 0 Å². The molecule has 0 N–H and O–H groups in total. The predicted octanol–water partition coefficient (Wildman–Crippen LogP) is 3.23. The Morgan fingerprint density at radius 2 is 1.78 bits per heavy atom. The van der Waals surface area contributed by atoms with Gasteiger partial charge in [-0.1, -0.05) is 46.0 Å². The van der Waals surface area contributed by atoms with E-state index in [9.17, 15) is 4.79 Å². The Morgan fingerprint density at radius 1 is 1.06 bits per heavy atom. The normalized spacial score (nSPS) is 17.8. The fraction of sp³-hybridized carbons (Fsp3) is 0.933. The first kappa shape index (κ1) is 15.5. The molecule has 106 valence electrons. The van der Waals surface area contributed by atoms with Crippen molar-refractivity contribution in [3.05, 3.63) is 0 Å². The van der Waals surface area contributed by atoms with Crippen LogP contribution in [0.1, 0.15) is 58.8 Å². The molecule has 1 atom stereocenters. The monoisotopic (exact) mass is 255 g/mol. The predicted molar refractivity (Wildman–Crippen MR) is 74.6 cm³/mol. The molecule has 3 heteroatoms. The minimum Gasteiger partial charge on any atom is -0.378 e. The largest absolute Gasteiger partial charge is 0.378 e. The number of hydrogen-bond donors (Lipinski definition) is 0. The molecule has 0 radical (unpaired) electrons. The number of unbranched alkanes of at least 4 members (excludes halogenated alkanes) is 3. The molecule has 0 saturated carbocycles. The zero-order valence-electron chi connectivity index (χ0n) is 12.1. The summed E-state index contributed by atoms with van der Waals surface area (Å²) in [7, 11) is 0. The van der Waals surface area contributed by atoms with E-state index in [1.807, 2.05) is 4.90 Å². The number of carbonyl (C=O) groups excluding carboxylic acids is 1. The van der Waals surface area contributed by atoms with Gasteiger partial charge in [0, 0.05) is 19.0 Å². The third-order valence-electron chi connectivity index (χ3n) is 3.72. The van der Waals surface area contributed by atoms with E-state index >= 15 is 0 Å². The van der Waals surface area contributed by atoms with Crippen molar-refractivity contribution in [3.8, 4) is 0 Å². The first-order valence-corrected chi connectivity index (χ1v) is 7.66. The minimum absolute atomic E-state index is 0.255. The van der Waals surface area contributed by atoms with Crippen molar-refractivity contribution < 1.29 is 9.53 Å². The first-order valence-electron chi connectivity index (χ1n) is 7.66. The number of nitrogens with zero attached hydrogens (tertiary/aromatic N) is 1. The summed E-state index contributed by atoms with van der Waals surface area (Å²) in [6.07, 6.45) is 8.25.